The van der Waals surface area contributed by atoms with E-state index in [1.807, 2.05) is 25.2 Å². The van der Waals surface area contributed by atoms with E-state index in [-0.39, 0.29) is 11.9 Å². The predicted octanol–water partition coefficient (Wildman–Crippen LogP) is 2.34. The zero-order valence-corrected chi connectivity index (χ0v) is 17.7. The van der Waals surface area contributed by atoms with Crippen molar-refractivity contribution in [1.82, 2.24) is 24.7 Å². The molecule has 7 heteroatoms. The molecule has 6 nitrogen and oxygen atoms in total. The van der Waals surface area contributed by atoms with Gasteiger partial charge in [0, 0.05) is 32.2 Å². The lowest BCUT2D eigenvalue weighted by Crippen LogP contribution is -2.50. The van der Waals surface area contributed by atoms with Gasteiger partial charge in [-0.1, -0.05) is 23.9 Å². The summed E-state index contributed by atoms with van der Waals surface area (Å²) < 4.78 is 2.07. The second-order valence-electron chi connectivity index (χ2n) is 8.10. The number of nitrogens with zero attached hydrogens (tertiary/aromatic N) is 4. The number of para-hydroxylation sites is 2. The van der Waals surface area contributed by atoms with E-state index >= 15 is 0 Å². The van der Waals surface area contributed by atoms with Crippen molar-refractivity contribution in [2.45, 2.75) is 42.9 Å². The number of aryl methyl sites for hydroxylation is 1. The molecule has 4 rings (SSSR count). The molecule has 1 aromatic heterocycles. The van der Waals surface area contributed by atoms with Crippen LogP contribution in [0.5, 0.6) is 0 Å². The Morgan fingerprint density at radius 2 is 2.00 bits per heavy atom. The number of carbonyl (C=O) groups is 1. The number of aromatic nitrogens is 2. The van der Waals surface area contributed by atoms with E-state index in [4.69, 9.17) is 0 Å². The van der Waals surface area contributed by atoms with E-state index in [1.165, 1.54) is 37.6 Å². The second kappa shape index (κ2) is 8.84. The van der Waals surface area contributed by atoms with Crippen molar-refractivity contribution in [1.29, 1.82) is 0 Å². The topological polar surface area (TPSA) is 53.4 Å². The van der Waals surface area contributed by atoms with Crippen LogP contribution in [0.3, 0.4) is 0 Å². The Kier molecular flexibility index (Phi) is 6.23. The van der Waals surface area contributed by atoms with Gasteiger partial charge in [0.05, 0.1) is 16.8 Å². The largest absolute Gasteiger partial charge is 0.351 e. The van der Waals surface area contributed by atoms with E-state index in [2.05, 4.69) is 37.8 Å². The molecule has 2 fully saturated rings. The molecule has 2 aliphatic rings. The molecule has 28 heavy (non-hydrogen) atoms. The number of rotatable bonds is 5. The summed E-state index contributed by atoms with van der Waals surface area (Å²) in [5.41, 5.74) is 2.09. The molecule has 1 saturated heterocycles. The first kappa shape index (κ1) is 19.7. The van der Waals surface area contributed by atoms with Crippen molar-refractivity contribution >= 4 is 28.7 Å². The lowest BCUT2D eigenvalue weighted by Gasteiger charge is -2.32. The summed E-state index contributed by atoms with van der Waals surface area (Å²) in [6.45, 7) is 4.56. The fourth-order valence-corrected chi connectivity index (χ4v) is 5.37. The average molecular weight is 402 g/mol. The molecule has 0 radical (unpaired) electrons. The normalized spacial score (nSPS) is 24.5. The van der Waals surface area contributed by atoms with Gasteiger partial charge < -0.3 is 14.8 Å². The van der Waals surface area contributed by atoms with Crippen LogP contribution < -0.4 is 5.32 Å². The second-order valence-corrected chi connectivity index (χ2v) is 9.04. The average Bonchev–Trinajstić information content (AvgIpc) is 3.20. The van der Waals surface area contributed by atoms with Gasteiger partial charge in [0.2, 0.25) is 5.91 Å². The molecular formula is C21H31N5OS. The highest BCUT2D eigenvalue weighted by molar-refractivity contribution is 7.99. The van der Waals surface area contributed by atoms with Crippen LogP contribution >= 0.6 is 11.8 Å². The molecule has 1 amide bonds. The van der Waals surface area contributed by atoms with Crippen molar-refractivity contribution in [3.05, 3.63) is 24.3 Å². The van der Waals surface area contributed by atoms with Gasteiger partial charge in [-0.15, -0.1) is 0 Å². The lowest BCUT2D eigenvalue weighted by atomic mass is 10.1. The Morgan fingerprint density at radius 3 is 2.86 bits per heavy atom. The minimum absolute atomic E-state index is 0.126. The smallest absolute Gasteiger partial charge is 0.230 e. The van der Waals surface area contributed by atoms with E-state index in [0.717, 1.165) is 42.2 Å². The monoisotopic (exact) mass is 401 g/mol. The third-order valence-electron chi connectivity index (χ3n) is 6.13. The summed E-state index contributed by atoms with van der Waals surface area (Å²) in [4.78, 5) is 22.3. The molecule has 0 bridgehead atoms. The number of likely N-dealkylation sites (N-methyl/N-ethyl adjacent to an activating group) is 1. The fourth-order valence-electron chi connectivity index (χ4n) is 4.58. The molecule has 1 saturated carbocycles. The van der Waals surface area contributed by atoms with Crippen LogP contribution in [0.15, 0.2) is 29.4 Å². The van der Waals surface area contributed by atoms with Gasteiger partial charge in [0.15, 0.2) is 5.16 Å². The van der Waals surface area contributed by atoms with Crippen LogP contribution in [0, 0.1) is 0 Å². The number of hydrogen-bond acceptors (Lipinski definition) is 5. The van der Waals surface area contributed by atoms with Crippen LogP contribution in [0.4, 0.5) is 0 Å². The number of imidazole rings is 1. The van der Waals surface area contributed by atoms with E-state index in [1.54, 1.807) is 0 Å². The molecule has 1 aliphatic heterocycles. The van der Waals surface area contributed by atoms with Crippen molar-refractivity contribution < 1.29 is 4.79 Å². The zero-order chi connectivity index (χ0) is 19.5. The molecule has 2 heterocycles. The Balaban J connectivity index is 1.33. The summed E-state index contributed by atoms with van der Waals surface area (Å²) in [5.74, 6) is 0.546. The van der Waals surface area contributed by atoms with Gasteiger partial charge in [0.1, 0.15) is 0 Å². The number of fused-ring (bicyclic) bond motifs is 1. The Labute approximate surface area is 171 Å². The summed E-state index contributed by atoms with van der Waals surface area (Å²) in [6, 6.07) is 8.88. The Hall–Kier alpha value is -1.57. The van der Waals surface area contributed by atoms with Gasteiger partial charge >= 0.3 is 0 Å². The van der Waals surface area contributed by atoms with Crippen LogP contribution in [-0.2, 0) is 11.8 Å². The molecular weight excluding hydrogens is 370 g/mol. The Bertz CT molecular complexity index is 822. The van der Waals surface area contributed by atoms with Gasteiger partial charge in [0.25, 0.3) is 0 Å². The summed E-state index contributed by atoms with van der Waals surface area (Å²) in [5, 5.41) is 4.23. The maximum Gasteiger partial charge on any atom is 0.230 e. The van der Waals surface area contributed by atoms with E-state index in [0.29, 0.717) is 11.8 Å². The standard InChI is InChI=1S/C21H31N5OS/c1-24-11-6-12-26(14-13-24)19-10-5-8-17(19)22-20(27)15-28-21-23-16-7-3-4-9-18(16)25(21)2/h3-4,7,9,17,19H,5-6,8,10-15H2,1-2H3,(H,22,27). The lowest BCUT2D eigenvalue weighted by molar-refractivity contribution is -0.119. The number of amides is 1. The SMILES string of the molecule is CN1CCCN(C2CCCC2NC(=O)CSc2nc3ccccc3n2C)CC1. The minimum atomic E-state index is 0.126. The quantitative estimate of drug-likeness (QED) is 0.780. The molecule has 0 spiro atoms. The number of benzene rings is 1. The summed E-state index contributed by atoms with van der Waals surface area (Å²) >= 11 is 1.52. The van der Waals surface area contributed by atoms with Crippen LogP contribution in [0.1, 0.15) is 25.7 Å². The first-order valence-corrected chi connectivity index (χ1v) is 11.4. The predicted molar refractivity (Wildman–Crippen MR) is 115 cm³/mol. The maximum absolute atomic E-state index is 12.7. The Morgan fingerprint density at radius 1 is 1.14 bits per heavy atom. The molecule has 2 unspecified atom stereocenters. The highest BCUT2D eigenvalue weighted by Crippen LogP contribution is 2.26. The third kappa shape index (κ3) is 4.36. The van der Waals surface area contributed by atoms with Crippen molar-refractivity contribution in [3.8, 4) is 0 Å². The fraction of sp³-hybridized carbons (Fsp3) is 0.619. The minimum Gasteiger partial charge on any atom is -0.351 e. The van der Waals surface area contributed by atoms with E-state index in [9.17, 15) is 4.79 Å². The zero-order valence-electron chi connectivity index (χ0n) is 16.9. The van der Waals surface area contributed by atoms with Gasteiger partial charge in [-0.2, -0.15) is 0 Å². The first-order valence-electron chi connectivity index (χ1n) is 10.4. The number of hydrogen-bond donors (Lipinski definition) is 1. The molecule has 1 N–H and O–H groups in total. The number of nitrogens with one attached hydrogen (secondary N) is 1. The maximum atomic E-state index is 12.7. The third-order valence-corrected chi connectivity index (χ3v) is 7.16. The van der Waals surface area contributed by atoms with Gasteiger partial charge in [-0.3, -0.25) is 9.69 Å². The highest BCUT2D eigenvalue weighted by Gasteiger charge is 2.33. The number of thioether (sulfide) groups is 1. The molecule has 1 aromatic carbocycles. The van der Waals surface area contributed by atoms with Crippen LogP contribution in [0.2, 0.25) is 0 Å². The van der Waals surface area contributed by atoms with Crippen LogP contribution in [0.25, 0.3) is 11.0 Å². The summed E-state index contributed by atoms with van der Waals surface area (Å²) in [7, 11) is 4.22. The van der Waals surface area contributed by atoms with Gasteiger partial charge in [-0.25, -0.2) is 4.98 Å². The van der Waals surface area contributed by atoms with Crippen molar-refractivity contribution in [2.24, 2.45) is 7.05 Å². The van der Waals surface area contributed by atoms with Crippen molar-refractivity contribution in [3.63, 3.8) is 0 Å². The van der Waals surface area contributed by atoms with Crippen molar-refractivity contribution in [2.75, 3.05) is 39.0 Å². The first-order chi connectivity index (χ1) is 13.6. The molecule has 152 valence electrons. The molecule has 2 aromatic rings. The van der Waals surface area contributed by atoms with Gasteiger partial charge in [-0.05, 0) is 58.0 Å². The van der Waals surface area contributed by atoms with Crippen LogP contribution in [-0.4, -0.2) is 76.3 Å². The number of carbonyl (C=O) groups excluding carboxylic acids is 1. The van der Waals surface area contributed by atoms with E-state index < -0.39 is 0 Å². The molecule has 1 aliphatic carbocycles. The summed E-state index contributed by atoms with van der Waals surface area (Å²) in [6.07, 6.45) is 4.72. The highest BCUT2D eigenvalue weighted by atomic mass is 32.2. The molecule has 2 atom stereocenters.